The molecule has 0 atom stereocenters. The van der Waals surface area contributed by atoms with Crippen molar-refractivity contribution in [2.24, 2.45) is 0 Å². The number of aromatic nitrogens is 1. The van der Waals surface area contributed by atoms with E-state index in [1.165, 1.54) is 24.4 Å². The maximum Gasteiger partial charge on any atom is 0.418 e. The second-order valence-electron chi connectivity index (χ2n) is 6.68. The molecule has 0 saturated carbocycles. The summed E-state index contributed by atoms with van der Waals surface area (Å²) < 4.78 is 67.6. The minimum absolute atomic E-state index is 0.123. The van der Waals surface area contributed by atoms with E-state index in [0.29, 0.717) is 27.6 Å². The predicted octanol–water partition coefficient (Wildman–Crippen LogP) is 6.79. The Morgan fingerprint density at radius 2 is 1.48 bits per heavy atom. The van der Waals surface area contributed by atoms with Crippen LogP contribution in [0.5, 0.6) is 0 Å². The first-order valence-corrected chi connectivity index (χ1v) is 8.81. The third-order valence-corrected chi connectivity index (χ3v) is 4.66. The maximum absolute atomic E-state index is 13.6. The van der Waals surface area contributed by atoms with Crippen LogP contribution in [0.3, 0.4) is 0 Å². The number of rotatable bonds is 3. The largest absolute Gasteiger partial charge is 0.418 e. The molecule has 0 aliphatic heterocycles. The Labute approximate surface area is 163 Å². The molecule has 0 aliphatic carbocycles. The molecule has 3 aromatic carbocycles. The van der Waals surface area contributed by atoms with Gasteiger partial charge in [-0.3, -0.25) is 4.98 Å². The Morgan fingerprint density at radius 1 is 0.793 bits per heavy atom. The standard InChI is InChI=1S/C23H14F5N/c24-17-10-14(11-18(25)12-17)9-16-13-29-22-19(7-4-8-20(22)23(26,27)28)21(16)15-5-2-1-3-6-15/h1-8,10-13H,9H2. The van der Waals surface area contributed by atoms with Gasteiger partial charge in [0.15, 0.2) is 0 Å². The van der Waals surface area contributed by atoms with Crippen molar-refractivity contribution in [3.05, 3.63) is 101 Å². The first kappa shape index (κ1) is 19.1. The molecule has 146 valence electrons. The SMILES string of the molecule is Fc1cc(F)cc(Cc2cnc3c(C(F)(F)F)cccc3c2-c2ccccc2)c1. The van der Waals surface area contributed by atoms with E-state index in [4.69, 9.17) is 0 Å². The van der Waals surface area contributed by atoms with Crippen LogP contribution in [-0.2, 0) is 12.6 Å². The third kappa shape index (κ3) is 3.83. The van der Waals surface area contributed by atoms with Crippen molar-refractivity contribution < 1.29 is 22.0 Å². The summed E-state index contributed by atoms with van der Waals surface area (Å²) >= 11 is 0. The Morgan fingerprint density at radius 3 is 2.14 bits per heavy atom. The third-order valence-electron chi connectivity index (χ3n) is 4.66. The van der Waals surface area contributed by atoms with Crippen LogP contribution < -0.4 is 0 Å². The summed E-state index contributed by atoms with van der Waals surface area (Å²) in [6.07, 6.45) is -3.07. The minimum Gasteiger partial charge on any atom is -0.255 e. The zero-order chi connectivity index (χ0) is 20.6. The molecule has 0 saturated heterocycles. The number of halogens is 5. The molecule has 0 unspecified atom stereocenters. The Kier molecular flexibility index (Phi) is 4.78. The Balaban J connectivity index is 1.97. The molecule has 4 aromatic rings. The van der Waals surface area contributed by atoms with Crippen molar-refractivity contribution >= 4 is 10.9 Å². The van der Waals surface area contributed by atoms with Crippen molar-refractivity contribution in [2.45, 2.75) is 12.6 Å². The van der Waals surface area contributed by atoms with E-state index in [1.807, 2.05) is 0 Å². The van der Waals surface area contributed by atoms with E-state index < -0.39 is 23.4 Å². The van der Waals surface area contributed by atoms with Gasteiger partial charge in [0, 0.05) is 17.6 Å². The van der Waals surface area contributed by atoms with Crippen LogP contribution in [0.2, 0.25) is 0 Å². The van der Waals surface area contributed by atoms with Crippen LogP contribution >= 0.6 is 0 Å². The van der Waals surface area contributed by atoms with E-state index in [9.17, 15) is 22.0 Å². The highest BCUT2D eigenvalue weighted by Crippen LogP contribution is 2.38. The fourth-order valence-electron chi connectivity index (χ4n) is 3.51. The maximum atomic E-state index is 13.6. The van der Waals surface area contributed by atoms with Gasteiger partial charge in [-0.15, -0.1) is 0 Å². The highest BCUT2D eigenvalue weighted by molar-refractivity contribution is 5.97. The molecule has 0 amide bonds. The fourth-order valence-corrected chi connectivity index (χ4v) is 3.51. The smallest absolute Gasteiger partial charge is 0.255 e. The van der Waals surface area contributed by atoms with Gasteiger partial charge in [-0.1, -0.05) is 42.5 Å². The first-order valence-electron chi connectivity index (χ1n) is 8.81. The lowest BCUT2D eigenvalue weighted by Crippen LogP contribution is -2.07. The number of hydrogen-bond acceptors (Lipinski definition) is 1. The molecular formula is C23H14F5N. The van der Waals surface area contributed by atoms with Crippen molar-refractivity contribution in [3.8, 4) is 11.1 Å². The summed E-state index contributed by atoms with van der Waals surface area (Å²) in [5, 5.41) is 0.334. The van der Waals surface area contributed by atoms with Crippen molar-refractivity contribution in [3.63, 3.8) is 0 Å². The molecule has 0 N–H and O–H groups in total. The molecule has 0 aliphatic rings. The summed E-state index contributed by atoms with van der Waals surface area (Å²) in [6, 6.07) is 16.0. The van der Waals surface area contributed by atoms with Gasteiger partial charge in [-0.25, -0.2) is 8.78 Å². The lowest BCUT2D eigenvalue weighted by molar-refractivity contribution is -0.136. The summed E-state index contributed by atoms with van der Waals surface area (Å²) in [6.45, 7) is 0. The number of fused-ring (bicyclic) bond motifs is 1. The zero-order valence-corrected chi connectivity index (χ0v) is 15.0. The van der Waals surface area contributed by atoms with Crippen molar-refractivity contribution in [1.29, 1.82) is 0 Å². The van der Waals surface area contributed by atoms with E-state index in [1.54, 1.807) is 36.4 Å². The Bertz CT molecular complexity index is 1160. The second kappa shape index (κ2) is 7.28. The number of nitrogens with zero attached hydrogens (tertiary/aromatic N) is 1. The summed E-state index contributed by atoms with van der Waals surface area (Å²) in [5.41, 5.74) is 1.22. The van der Waals surface area contributed by atoms with Gasteiger partial charge >= 0.3 is 6.18 Å². The van der Waals surface area contributed by atoms with Crippen LogP contribution in [0.15, 0.2) is 72.9 Å². The van der Waals surface area contributed by atoms with Gasteiger partial charge in [-0.2, -0.15) is 13.2 Å². The van der Waals surface area contributed by atoms with Crippen LogP contribution in [0.1, 0.15) is 16.7 Å². The van der Waals surface area contributed by atoms with Gasteiger partial charge in [0.1, 0.15) is 11.6 Å². The predicted molar refractivity (Wildman–Crippen MR) is 101 cm³/mol. The quantitative estimate of drug-likeness (QED) is 0.346. The monoisotopic (exact) mass is 399 g/mol. The molecule has 1 aromatic heterocycles. The molecule has 6 heteroatoms. The van der Waals surface area contributed by atoms with Crippen LogP contribution in [0.4, 0.5) is 22.0 Å². The van der Waals surface area contributed by atoms with Gasteiger partial charge in [0.25, 0.3) is 0 Å². The molecule has 0 spiro atoms. The van der Waals surface area contributed by atoms with Gasteiger partial charge < -0.3 is 0 Å². The van der Waals surface area contributed by atoms with Crippen molar-refractivity contribution in [1.82, 2.24) is 4.98 Å². The molecule has 29 heavy (non-hydrogen) atoms. The zero-order valence-electron chi connectivity index (χ0n) is 15.0. The summed E-state index contributed by atoms with van der Waals surface area (Å²) in [4.78, 5) is 4.07. The van der Waals surface area contributed by atoms with Gasteiger partial charge in [0.05, 0.1) is 11.1 Å². The van der Waals surface area contributed by atoms with E-state index in [-0.39, 0.29) is 11.9 Å². The molecular weight excluding hydrogens is 385 g/mol. The van der Waals surface area contributed by atoms with Gasteiger partial charge in [-0.05, 0) is 46.9 Å². The number of alkyl halides is 3. The molecule has 1 nitrogen and oxygen atoms in total. The summed E-state index contributed by atoms with van der Waals surface area (Å²) in [5.74, 6) is -1.43. The Hall–Kier alpha value is -3.28. The van der Waals surface area contributed by atoms with Crippen LogP contribution in [0, 0.1) is 11.6 Å². The molecule has 0 radical (unpaired) electrons. The fraction of sp³-hybridized carbons (Fsp3) is 0.0870. The molecule has 4 rings (SSSR count). The van der Waals surface area contributed by atoms with Crippen molar-refractivity contribution in [2.75, 3.05) is 0 Å². The topological polar surface area (TPSA) is 12.9 Å². The second-order valence-corrected chi connectivity index (χ2v) is 6.68. The minimum atomic E-state index is -4.55. The summed E-state index contributed by atoms with van der Waals surface area (Å²) in [7, 11) is 0. The highest BCUT2D eigenvalue weighted by atomic mass is 19.4. The normalized spacial score (nSPS) is 11.8. The molecule has 0 fully saturated rings. The highest BCUT2D eigenvalue weighted by Gasteiger charge is 2.33. The lowest BCUT2D eigenvalue weighted by atomic mass is 9.92. The van der Waals surface area contributed by atoms with E-state index in [0.717, 1.165) is 12.1 Å². The first-order chi connectivity index (χ1) is 13.8. The number of hydrogen-bond donors (Lipinski definition) is 0. The number of benzene rings is 3. The van der Waals surface area contributed by atoms with E-state index >= 15 is 0 Å². The average Bonchev–Trinajstić information content (AvgIpc) is 2.66. The van der Waals surface area contributed by atoms with Crippen LogP contribution in [0.25, 0.3) is 22.0 Å². The average molecular weight is 399 g/mol. The molecule has 0 bridgehead atoms. The number of pyridine rings is 1. The van der Waals surface area contributed by atoms with E-state index in [2.05, 4.69) is 4.98 Å². The molecule has 1 heterocycles. The number of para-hydroxylation sites is 1. The van der Waals surface area contributed by atoms with Crippen LogP contribution in [-0.4, -0.2) is 4.98 Å². The van der Waals surface area contributed by atoms with Gasteiger partial charge in [0.2, 0.25) is 0 Å². The lowest BCUT2D eigenvalue weighted by Gasteiger charge is -2.16.